The van der Waals surface area contributed by atoms with E-state index in [4.69, 9.17) is 21.4 Å². The fraction of sp³-hybridized carbons (Fsp3) is 0.250. The van der Waals surface area contributed by atoms with Gasteiger partial charge in [0.2, 0.25) is 5.91 Å². The van der Waals surface area contributed by atoms with Gasteiger partial charge in [-0.3, -0.25) is 9.59 Å². The molecule has 0 aliphatic carbocycles. The number of hydrogen-bond donors (Lipinski definition) is 2. The predicted molar refractivity (Wildman–Crippen MR) is 105 cm³/mol. The molecular weight excluding hydrogens is 384 g/mol. The molecule has 2 amide bonds. The van der Waals surface area contributed by atoms with Gasteiger partial charge in [0.25, 0.3) is 5.91 Å². The average Bonchev–Trinajstić information content (AvgIpc) is 2.68. The van der Waals surface area contributed by atoms with Gasteiger partial charge in [-0.25, -0.2) is 4.79 Å². The van der Waals surface area contributed by atoms with Crippen LogP contribution in [0.15, 0.2) is 42.5 Å². The van der Waals surface area contributed by atoms with Crippen molar-refractivity contribution >= 4 is 40.8 Å². The number of ether oxygens (including phenoxy) is 1. The monoisotopic (exact) mass is 402 g/mol. The number of halogens is 1. The van der Waals surface area contributed by atoms with Gasteiger partial charge in [0.1, 0.15) is 5.75 Å². The Kier molecular flexibility index (Phi) is 5.84. The third-order valence-electron chi connectivity index (χ3n) is 4.38. The van der Waals surface area contributed by atoms with Gasteiger partial charge in [-0.15, -0.1) is 0 Å². The number of anilines is 2. The van der Waals surface area contributed by atoms with E-state index < -0.39 is 12.1 Å². The summed E-state index contributed by atoms with van der Waals surface area (Å²) < 4.78 is 5.71. The second-order valence-corrected chi connectivity index (χ2v) is 6.68. The summed E-state index contributed by atoms with van der Waals surface area (Å²) in [6.45, 7) is 2.04. The number of carboxylic acid groups (broad SMARTS) is 1. The van der Waals surface area contributed by atoms with Crippen LogP contribution in [-0.2, 0) is 9.59 Å². The van der Waals surface area contributed by atoms with Crippen molar-refractivity contribution in [1.29, 1.82) is 0 Å². The van der Waals surface area contributed by atoms with E-state index in [2.05, 4.69) is 5.32 Å². The lowest BCUT2D eigenvalue weighted by Crippen LogP contribution is -2.46. The Morgan fingerprint density at radius 2 is 2.00 bits per heavy atom. The molecule has 3 rings (SSSR count). The Bertz CT molecular complexity index is 931. The summed E-state index contributed by atoms with van der Waals surface area (Å²) in [7, 11) is 0. The van der Waals surface area contributed by atoms with Crippen molar-refractivity contribution in [3.8, 4) is 5.75 Å². The maximum atomic E-state index is 12.6. The number of carbonyl (C=O) groups is 3. The minimum atomic E-state index is -1.18. The molecule has 2 aromatic carbocycles. The van der Waals surface area contributed by atoms with Gasteiger partial charge < -0.3 is 20.1 Å². The molecule has 7 nitrogen and oxygen atoms in total. The maximum Gasteiger partial charge on any atom is 0.337 e. The first-order chi connectivity index (χ1) is 13.4. The SMILES string of the molecule is CCC1Oc2ccccc2N(CCC(=O)Nc2ccc(Cl)c(C(=O)O)c2)C1=O. The molecule has 1 aliphatic rings. The summed E-state index contributed by atoms with van der Waals surface area (Å²) in [5.41, 5.74) is 0.860. The number of nitrogens with zero attached hydrogens (tertiary/aromatic N) is 1. The van der Waals surface area contributed by atoms with Crippen LogP contribution in [0, 0.1) is 0 Å². The Labute approximate surface area is 166 Å². The smallest absolute Gasteiger partial charge is 0.337 e. The number of para-hydroxylation sites is 2. The zero-order chi connectivity index (χ0) is 20.3. The van der Waals surface area contributed by atoms with E-state index in [-0.39, 0.29) is 35.4 Å². The molecule has 0 saturated heterocycles. The number of rotatable bonds is 6. The Balaban J connectivity index is 1.70. The van der Waals surface area contributed by atoms with Crippen LogP contribution in [0.1, 0.15) is 30.1 Å². The molecule has 0 saturated carbocycles. The van der Waals surface area contributed by atoms with Crippen LogP contribution in [-0.4, -0.2) is 35.5 Å². The van der Waals surface area contributed by atoms with E-state index in [1.807, 2.05) is 13.0 Å². The highest BCUT2D eigenvalue weighted by molar-refractivity contribution is 6.33. The summed E-state index contributed by atoms with van der Waals surface area (Å²) in [4.78, 5) is 37.7. The number of aromatic carboxylic acids is 1. The zero-order valence-electron chi connectivity index (χ0n) is 15.1. The first-order valence-electron chi connectivity index (χ1n) is 8.80. The molecule has 1 unspecified atom stereocenters. The second kappa shape index (κ2) is 8.31. The molecule has 2 aromatic rings. The standard InChI is InChI=1S/C20H19ClN2O5/c1-2-16-19(25)23(15-5-3-4-6-17(15)28-16)10-9-18(24)22-12-7-8-14(21)13(11-12)20(26)27/h3-8,11,16H,2,9-10H2,1H3,(H,22,24)(H,26,27). The van der Waals surface area contributed by atoms with Crippen LogP contribution in [0.2, 0.25) is 5.02 Å². The number of carbonyl (C=O) groups excluding carboxylic acids is 2. The highest BCUT2D eigenvalue weighted by Gasteiger charge is 2.33. The topological polar surface area (TPSA) is 95.9 Å². The van der Waals surface area contributed by atoms with Gasteiger partial charge in [-0.05, 0) is 36.8 Å². The van der Waals surface area contributed by atoms with E-state index in [1.165, 1.54) is 18.2 Å². The molecule has 2 N–H and O–H groups in total. The first kappa shape index (κ1) is 19.7. The quantitative estimate of drug-likeness (QED) is 0.770. The van der Waals surface area contributed by atoms with Crippen LogP contribution >= 0.6 is 11.6 Å². The highest BCUT2D eigenvalue weighted by Crippen LogP contribution is 2.34. The average molecular weight is 403 g/mol. The van der Waals surface area contributed by atoms with Crippen molar-refractivity contribution in [2.45, 2.75) is 25.9 Å². The lowest BCUT2D eigenvalue weighted by molar-refractivity contribution is -0.126. The molecule has 1 atom stereocenters. The number of nitrogens with one attached hydrogen (secondary N) is 1. The van der Waals surface area contributed by atoms with Crippen molar-refractivity contribution < 1.29 is 24.2 Å². The van der Waals surface area contributed by atoms with E-state index in [1.54, 1.807) is 23.1 Å². The first-order valence-corrected chi connectivity index (χ1v) is 9.18. The second-order valence-electron chi connectivity index (χ2n) is 6.27. The van der Waals surface area contributed by atoms with Gasteiger partial charge in [-0.1, -0.05) is 30.7 Å². The lowest BCUT2D eigenvalue weighted by Gasteiger charge is -2.33. The van der Waals surface area contributed by atoms with Gasteiger partial charge in [0, 0.05) is 18.7 Å². The molecule has 146 valence electrons. The maximum absolute atomic E-state index is 12.6. The summed E-state index contributed by atoms with van der Waals surface area (Å²) in [5.74, 6) is -1.10. The molecule has 8 heteroatoms. The fourth-order valence-electron chi connectivity index (χ4n) is 2.97. The summed E-state index contributed by atoms with van der Waals surface area (Å²) >= 11 is 5.83. The van der Waals surface area contributed by atoms with Crippen LogP contribution < -0.4 is 15.0 Å². The molecule has 0 bridgehead atoms. The van der Waals surface area contributed by atoms with Crippen molar-refractivity contribution in [2.75, 3.05) is 16.8 Å². The summed E-state index contributed by atoms with van der Waals surface area (Å²) in [6, 6.07) is 11.4. The Morgan fingerprint density at radius 1 is 1.25 bits per heavy atom. The summed E-state index contributed by atoms with van der Waals surface area (Å²) in [5, 5.41) is 11.8. The molecule has 0 aromatic heterocycles. The number of fused-ring (bicyclic) bond motifs is 1. The van der Waals surface area contributed by atoms with Gasteiger partial charge in [0.05, 0.1) is 16.3 Å². The third-order valence-corrected chi connectivity index (χ3v) is 4.71. The number of carboxylic acids is 1. The van der Waals surface area contributed by atoms with E-state index >= 15 is 0 Å². The molecular formula is C20H19ClN2O5. The van der Waals surface area contributed by atoms with Crippen LogP contribution in [0.4, 0.5) is 11.4 Å². The largest absolute Gasteiger partial charge is 0.478 e. The minimum Gasteiger partial charge on any atom is -0.478 e. The van der Waals surface area contributed by atoms with E-state index in [0.29, 0.717) is 23.5 Å². The molecule has 0 radical (unpaired) electrons. The number of benzene rings is 2. The highest BCUT2D eigenvalue weighted by atomic mass is 35.5. The lowest BCUT2D eigenvalue weighted by atomic mass is 10.1. The molecule has 28 heavy (non-hydrogen) atoms. The van der Waals surface area contributed by atoms with Crippen molar-refractivity contribution in [3.05, 3.63) is 53.1 Å². The fourth-order valence-corrected chi connectivity index (χ4v) is 3.17. The van der Waals surface area contributed by atoms with Crippen molar-refractivity contribution in [2.24, 2.45) is 0 Å². The van der Waals surface area contributed by atoms with Gasteiger partial charge in [0.15, 0.2) is 6.10 Å². The Hall–Kier alpha value is -3.06. The van der Waals surface area contributed by atoms with E-state index in [0.717, 1.165) is 0 Å². The van der Waals surface area contributed by atoms with Gasteiger partial charge in [-0.2, -0.15) is 0 Å². The third kappa shape index (κ3) is 4.09. The summed E-state index contributed by atoms with van der Waals surface area (Å²) in [6.07, 6.45) is -0.00694. The zero-order valence-corrected chi connectivity index (χ0v) is 15.9. The van der Waals surface area contributed by atoms with E-state index in [9.17, 15) is 14.4 Å². The van der Waals surface area contributed by atoms with Crippen LogP contribution in [0.3, 0.4) is 0 Å². The molecule has 0 spiro atoms. The predicted octanol–water partition coefficient (Wildman–Crippen LogP) is 3.57. The Morgan fingerprint density at radius 3 is 2.71 bits per heavy atom. The van der Waals surface area contributed by atoms with Crippen molar-refractivity contribution in [3.63, 3.8) is 0 Å². The molecule has 1 aliphatic heterocycles. The normalized spacial score (nSPS) is 15.6. The van der Waals surface area contributed by atoms with Gasteiger partial charge >= 0.3 is 5.97 Å². The van der Waals surface area contributed by atoms with Crippen LogP contribution in [0.5, 0.6) is 5.75 Å². The molecule has 0 fully saturated rings. The number of amides is 2. The molecule has 1 heterocycles. The van der Waals surface area contributed by atoms with Crippen LogP contribution in [0.25, 0.3) is 0 Å². The minimum absolute atomic E-state index is 0.0432. The van der Waals surface area contributed by atoms with Crippen molar-refractivity contribution in [1.82, 2.24) is 0 Å². The number of hydrogen-bond acceptors (Lipinski definition) is 4.